The van der Waals surface area contributed by atoms with Crippen LogP contribution in [0, 0.1) is 10.4 Å². The zero-order valence-electron chi connectivity index (χ0n) is 6.25. The molecular formula is C6H4N3O4-. The summed E-state index contributed by atoms with van der Waals surface area (Å²) in [7, 11) is 0. The maximum absolute atomic E-state index is 10.5. The van der Waals surface area contributed by atoms with Gasteiger partial charge in [0.05, 0.1) is 0 Å². The Morgan fingerprint density at radius 2 is 2.23 bits per heavy atom. The molecule has 13 heavy (non-hydrogen) atoms. The van der Waals surface area contributed by atoms with Crippen LogP contribution in [0.15, 0.2) is 10.7 Å². The number of rotatable bonds is 0. The van der Waals surface area contributed by atoms with E-state index in [1.807, 2.05) is 0 Å². The van der Waals surface area contributed by atoms with Crippen LogP contribution in [0.4, 0.5) is 0 Å². The van der Waals surface area contributed by atoms with Crippen molar-refractivity contribution in [3.63, 3.8) is 0 Å². The van der Waals surface area contributed by atoms with Gasteiger partial charge in [-0.05, 0) is 22.5 Å². The van der Waals surface area contributed by atoms with E-state index >= 15 is 0 Å². The summed E-state index contributed by atoms with van der Waals surface area (Å²) in [6, 6.07) is 0. The monoisotopic (exact) mass is 182 g/mol. The number of hydrogen-bond donors (Lipinski definition) is 1. The first kappa shape index (κ1) is 7.74. The molecule has 2 rings (SSSR count). The van der Waals surface area contributed by atoms with Crippen LogP contribution in [0.25, 0.3) is 6.08 Å². The molecule has 68 valence electrons. The van der Waals surface area contributed by atoms with Gasteiger partial charge in [-0.2, -0.15) is 4.90 Å². The van der Waals surface area contributed by atoms with Crippen LogP contribution in [-0.2, 0) is 0 Å². The number of hydrogen-bond acceptors (Lipinski definition) is 6. The van der Waals surface area contributed by atoms with Gasteiger partial charge in [-0.25, -0.2) is 4.63 Å². The number of fused-ring (bicyclic) bond motifs is 1. The van der Waals surface area contributed by atoms with Crippen molar-refractivity contribution in [2.45, 2.75) is 6.10 Å². The number of aliphatic hydroxyl groups is 1. The van der Waals surface area contributed by atoms with Crippen LogP contribution in [0.1, 0.15) is 11.4 Å². The lowest BCUT2D eigenvalue weighted by Crippen LogP contribution is -2.29. The summed E-state index contributed by atoms with van der Waals surface area (Å²) in [4.78, 5) is -0.697. The average Bonchev–Trinajstić information content (AvgIpc) is 2.50. The maximum Gasteiger partial charge on any atom is 0.263 e. The Hall–Kier alpha value is -1.89. The largest absolute Gasteiger partial charge is 0.612 e. The normalized spacial score (nSPS) is 20.1. The van der Waals surface area contributed by atoms with Gasteiger partial charge in [-0.1, -0.05) is 0 Å². The summed E-state index contributed by atoms with van der Waals surface area (Å²) in [6.45, 7) is 0. The molecule has 1 heterocycles. The van der Waals surface area contributed by atoms with Crippen LogP contribution in [0.3, 0.4) is 0 Å². The lowest BCUT2D eigenvalue weighted by molar-refractivity contribution is -0.382. The van der Waals surface area contributed by atoms with Gasteiger partial charge in [0.25, 0.3) is 5.71 Å². The third-order valence-electron chi connectivity index (χ3n) is 1.67. The molecule has 1 aromatic rings. The molecule has 0 radical (unpaired) electrons. The van der Waals surface area contributed by atoms with Gasteiger partial charge in [0.2, 0.25) is 5.69 Å². The molecule has 0 saturated heterocycles. The van der Waals surface area contributed by atoms with E-state index < -0.39 is 16.7 Å². The molecule has 7 heteroatoms. The maximum atomic E-state index is 10.5. The molecule has 1 atom stereocenters. The van der Waals surface area contributed by atoms with Gasteiger partial charge in [-0.3, -0.25) is 0 Å². The molecule has 7 nitrogen and oxygen atoms in total. The molecule has 1 unspecified atom stereocenters. The molecule has 0 aromatic carbocycles. The fraction of sp³-hybridized carbons (Fsp3) is 0.167. The van der Waals surface area contributed by atoms with E-state index in [9.17, 15) is 15.5 Å². The van der Waals surface area contributed by atoms with Gasteiger partial charge < -0.3 is 15.5 Å². The van der Waals surface area contributed by atoms with Crippen molar-refractivity contribution in [3.05, 3.63) is 27.9 Å². The Bertz CT molecular complexity index is 390. The molecule has 1 N–H and O–H groups in total. The molecule has 0 saturated carbocycles. The van der Waals surface area contributed by atoms with Gasteiger partial charge in [-0.15, -0.1) is 0 Å². The summed E-state index contributed by atoms with van der Waals surface area (Å²) in [5.74, 6) is 0. The van der Waals surface area contributed by atoms with Gasteiger partial charge >= 0.3 is 0 Å². The lowest BCUT2D eigenvalue weighted by atomic mass is 10.0. The van der Waals surface area contributed by atoms with Crippen LogP contribution in [0.5, 0.6) is 0 Å². The van der Waals surface area contributed by atoms with Crippen molar-refractivity contribution < 1.29 is 14.6 Å². The number of aliphatic hydroxyl groups excluding tert-OH is 1. The lowest BCUT2D eigenvalue weighted by Gasteiger charge is -2.13. The zero-order chi connectivity index (χ0) is 9.42. The van der Waals surface area contributed by atoms with Crippen LogP contribution in [0.2, 0.25) is 0 Å². The molecule has 1 aromatic heterocycles. The van der Waals surface area contributed by atoms with E-state index in [2.05, 4.69) is 14.9 Å². The first-order valence-corrected chi connectivity index (χ1v) is 3.40. The Morgan fingerprint density at radius 1 is 1.46 bits per heavy atom. The van der Waals surface area contributed by atoms with Gasteiger partial charge in [0.15, 0.2) is 6.10 Å². The number of nitrogens with zero attached hydrogens (tertiary/aromatic N) is 3. The Morgan fingerprint density at radius 3 is 2.92 bits per heavy atom. The summed E-state index contributed by atoms with van der Waals surface area (Å²) in [5, 5.41) is 37.0. The standard InChI is InChI=1S/C6H4N3O4/c10-4-2-1-3-5(8-13-7-3)6(4)9(11)12/h1-2,4,10H/q-1. The minimum Gasteiger partial charge on any atom is -0.612 e. The highest BCUT2D eigenvalue weighted by Gasteiger charge is 2.30. The summed E-state index contributed by atoms with van der Waals surface area (Å²) in [5.41, 5.74) is -0.157. The zero-order valence-corrected chi connectivity index (χ0v) is 6.25. The van der Waals surface area contributed by atoms with E-state index in [4.69, 9.17) is 0 Å². The minimum absolute atomic E-state index is 0.0139. The third kappa shape index (κ3) is 1.05. The van der Waals surface area contributed by atoms with Crippen molar-refractivity contribution >= 4 is 11.8 Å². The van der Waals surface area contributed by atoms with Gasteiger partial charge in [0.1, 0.15) is 5.69 Å². The topological polar surface area (TPSA) is 108 Å². The smallest absolute Gasteiger partial charge is 0.263 e. The van der Waals surface area contributed by atoms with Crippen molar-refractivity contribution in [1.82, 2.24) is 10.3 Å². The van der Waals surface area contributed by atoms with Crippen LogP contribution >= 0.6 is 0 Å². The summed E-state index contributed by atoms with van der Waals surface area (Å²) < 4.78 is 4.31. The van der Waals surface area contributed by atoms with Crippen LogP contribution < -0.4 is 0 Å². The fourth-order valence-corrected chi connectivity index (χ4v) is 1.09. The van der Waals surface area contributed by atoms with Crippen LogP contribution in [-0.4, -0.2) is 32.1 Å². The van der Waals surface area contributed by atoms with Crippen molar-refractivity contribution in [1.29, 1.82) is 0 Å². The minimum atomic E-state index is -1.26. The van der Waals surface area contributed by atoms with E-state index in [0.717, 1.165) is 0 Å². The van der Waals surface area contributed by atoms with E-state index in [-0.39, 0.29) is 11.4 Å². The molecule has 0 aliphatic heterocycles. The molecule has 0 fully saturated rings. The first-order valence-electron chi connectivity index (χ1n) is 3.40. The molecule has 1 aliphatic carbocycles. The summed E-state index contributed by atoms with van der Waals surface area (Å²) >= 11 is 0. The molecular weight excluding hydrogens is 178 g/mol. The SMILES string of the molecule is [O-][N+]([O-])=C1c2nonc2C=CC1O. The fourth-order valence-electron chi connectivity index (χ4n) is 1.09. The highest BCUT2D eigenvalue weighted by molar-refractivity contribution is 6.04. The highest BCUT2D eigenvalue weighted by Crippen LogP contribution is 2.15. The highest BCUT2D eigenvalue weighted by atomic mass is 16.8. The second-order valence-electron chi connectivity index (χ2n) is 2.44. The van der Waals surface area contributed by atoms with Crippen molar-refractivity contribution in [2.75, 3.05) is 0 Å². The molecule has 0 amide bonds. The number of aromatic nitrogens is 2. The van der Waals surface area contributed by atoms with Gasteiger partial charge in [0, 0.05) is 0 Å². The second kappa shape index (κ2) is 2.56. The Balaban J connectivity index is 2.63. The first-order chi connectivity index (χ1) is 6.20. The molecule has 0 bridgehead atoms. The van der Waals surface area contributed by atoms with E-state index in [1.165, 1.54) is 12.2 Å². The Kier molecular flexibility index (Phi) is 1.52. The molecule has 0 spiro atoms. The van der Waals surface area contributed by atoms with Crippen molar-refractivity contribution in [3.8, 4) is 0 Å². The third-order valence-corrected chi connectivity index (χ3v) is 1.67. The predicted molar refractivity (Wildman–Crippen MR) is 40.4 cm³/mol. The second-order valence-corrected chi connectivity index (χ2v) is 2.44. The average molecular weight is 182 g/mol. The quantitative estimate of drug-likeness (QED) is 0.418. The molecule has 1 aliphatic rings. The Labute approximate surface area is 71.7 Å². The van der Waals surface area contributed by atoms with Crippen molar-refractivity contribution in [2.24, 2.45) is 0 Å². The summed E-state index contributed by atoms with van der Waals surface area (Å²) in [6.07, 6.45) is 1.42. The van der Waals surface area contributed by atoms with E-state index in [0.29, 0.717) is 0 Å². The van der Waals surface area contributed by atoms with E-state index in [1.54, 1.807) is 0 Å². The predicted octanol–water partition coefficient (Wildman–Crippen LogP) is -0.746.